The normalized spacial score (nSPS) is 12.3. The van der Waals surface area contributed by atoms with Crippen LogP contribution in [0, 0.1) is 0 Å². The van der Waals surface area contributed by atoms with Gasteiger partial charge in [-0.25, -0.2) is 0 Å². The van der Waals surface area contributed by atoms with Crippen LogP contribution < -0.4 is 0 Å². The summed E-state index contributed by atoms with van der Waals surface area (Å²) in [5, 5.41) is 68.1. The van der Waals surface area contributed by atoms with E-state index >= 15 is 0 Å². The Bertz CT molecular complexity index is 797. The topological polar surface area (TPSA) is 159 Å². The number of hydrogen-bond acceptors (Lipinski definition) is 8. The zero-order valence-electron chi connectivity index (χ0n) is 12.5. The molecular weight excluding hydrogens is 320 g/mol. The molecule has 0 aliphatic carbocycles. The number of ketones is 1. The van der Waals surface area contributed by atoms with Crippen LogP contribution in [0.3, 0.4) is 0 Å². The van der Waals surface area contributed by atoms with Gasteiger partial charge in [0.1, 0.15) is 11.5 Å². The van der Waals surface area contributed by atoms with Crippen molar-refractivity contribution in [3.63, 3.8) is 0 Å². The molecule has 24 heavy (non-hydrogen) atoms. The summed E-state index contributed by atoms with van der Waals surface area (Å²) < 4.78 is 0. The van der Waals surface area contributed by atoms with Gasteiger partial charge in [0.2, 0.25) is 5.75 Å². The average Bonchev–Trinajstić information content (AvgIpc) is 2.48. The number of phenolic OH excluding ortho intramolecular Hbond substituents is 5. The Morgan fingerprint density at radius 1 is 0.875 bits per heavy atom. The average molecular weight is 336 g/mol. The van der Waals surface area contributed by atoms with E-state index in [1.165, 1.54) is 12.1 Å². The van der Waals surface area contributed by atoms with Crippen molar-refractivity contribution in [1.82, 2.24) is 0 Å². The van der Waals surface area contributed by atoms with E-state index in [2.05, 4.69) is 0 Å². The second kappa shape index (κ2) is 6.26. The minimum absolute atomic E-state index is 0.0855. The largest absolute Gasteiger partial charge is 0.508 e. The lowest BCUT2D eigenvalue weighted by atomic mass is 9.87. The van der Waals surface area contributed by atoms with Crippen molar-refractivity contribution in [2.75, 3.05) is 0 Å². The molecule has 0 spiro atoms. The van der Waals surface area contributed by atoms with Gasteiger partial charge in [-0.3, -0.25) is 4.79 Å². The summed E-state index contributed by atoms with van der Waals surface area (Å²) in [4.78, 5) is 11.6. The quantitative estimate of drug-likeness (QED) is 0.246. The van der Waals surface area contributed by atoms with Crippen molar-refractivity contribution < 1.29 is 40.5 Å². The van der Waals surface area contributed by atoms with Crippen LogP contribution in [0.5, 0.6) is 28.7 Å². The van der Waals surface area contributed by atoms with Crippen LogP contribution >= 0.6 is 0 Å². The fourth-order valence-electron chi connectivity index (χ4n) is 2.46. The van der Waals surface area contributed by atoms with Crippen LogP contribution in [0.25, 0.3) is 0 Å². The third-order valence-electron chi connectivity index (χ3n) is 3.64. The standard InChI is InChI=1S/C16H16O8/c1-6(17)9-5-10(14(21)15(22)13(9)20)12(16(23)24)8-3-2-7(18)4-11(8)19/h2-5,12,16,18-24H,1H3. The number of benzene rings is 2. The summed E-state index contributed by atoms with van der Waals surface area (Å²) in [5.74, 6) is -5.58. The van der Waals surface area contributed by atoms with Gasteiger partial charge in [0.05, 0.1) is 11.5 Å². The molecule has 0 heterocycles. The van der Waals surface area contributed by atoms with E-state index in [4.69, 9.17) is 0 Å². The van der Waals surface area contributed by atoms with Gasteiger partial charge in [-0.15, -0.1) is 0 Å². The summed E-state index contributed by atoms with van der Waals surface area (Å²) in [7, 11) is 0. The molecule has 0 fully saturated rings. The fraction of sp³-hybridized carbons (Fsp3) is 0.188. The van der Waals surface area contributed by atoms with Gasteiger partial charge >= 0.3 is 0 Å². The summed E-state index contributed by atoms with van der Waals surface area (Å²) in [6, 6.07) is 4.30. The zero-order valence-corrected chi connectivity index (χ0v) is 12.5. The van der Waals surface area contributed by atoms with E-state index in [1.807, 2.05) is 0 Å². The Labute approximate surface area is 136 Å². The van der Waals surface area contributed by atoms with E-state index in [1.54, 1.807) is 0 Å². The molecule has 8 heteroatoms. The Hall–Kier alpha value is -2.97. The number of aliphatic hydroxyl groups is 2. The summed E-state index contributed by atoms with van der Waals surface area (Å²) in [6.45, 7) is 1.11. The summed E-state index contributed by atoms with van der Waals surface area (Å²) >= 11 is 0. The summed E-state index contributed by atoms with van der Waals surface area (Å²) in [6.07, 6.45) is -2.13. The molecule has 0 saturated heterocycles. The minimum atomic E-state index is -2.13. The molecule has 1 unspecified atom stereocenters. The molecule has 2 aromatic rings. The Balaban J connectivity index is 2.75. The van der Waals surface area contributed by atoms with Crippen LogP contribution in [0.1, 0.15) is 34.3 Å². The molecule has 0 aliphatic heterocycles. The van der Waals surface area contributed by atoms with Crippen molar-refractivity contribution in [3.05, 3.63) is 41.0 Å². The van der Waals surface area contributed by atoms with E-state index in [-0.39, 0.29) is 22.4 Å². The molecule has 0 radical (unpaired) electrons. The number of phenols is 5. The van der Waals surface area contributed by atoms with Crippen molar-refractivity contribution in [2.24, 2.45) is 0 Å². The third kappa shape index (κ3) is 2.92. The molecule has 1 atom stereocenters. The maximum Gasteiger partial charge on any atom is 0.201 e. The number of hydrogen-bond donors (Lipinski definition) is 7. The van der Waals surface area contributed by atoms with Crippen LogP contribution in [-0.4, -0.2) is 47.8 Å². The Morgan fingerprint density at radius 3 is 2.00 bits per heavy atom. The number of aromatic hydroxyl groups is 5. The first-order valence-electron chi connectivity index (χ1n) is 6.81. The van der Waals surface area contributed by atoms with Crippen LogP contribution in [0.4, 0.5) is 0 Å². The van der Waals surface area contributed by atoms with Gasteiger partial charge < -0.3 is 35.7 Å². The lowest BCUT2D eigenvalue weighted by Gasteiger charge is -2.23. The van der Waals surface area contributed by atoms with E-state index in [9.17, 15) is 40.5 Å². The minimum Gasteiger partial charge on any atom is -0.508 e. The van der Waals surface area contributed by atoms with Gasteiger partial charge in [0, 0.05) is 17.2 Å². The number of aliphatic hydroxyl groups excluding tert-OH is 1. The predicted octanol–water partition coefficient (Wildman–Crippen LogP) is 0.860. The van der Waals surface area contributed by atoms with Gasteiger partial charge in [-0.05, 0) is 19.1 Å². The highest BCUT2D eigenvalue weighted by atomic mass is 16.5. The molecule has 7 N–H and O–H groups in total. The van der Waals surface area contributed by atoms with Gasteiger partial charge in [0.15, 0.2) is 23.6 Å². The van der Waals surface area contributed by atoms with Crippen molar-refractivity contribution in [1.29, 1.82) is 0 Å². The highest BCUT2D eigenvalue weighted by Crippen LogP contribution is 2.47. The number of carbonyl (C=O) groups is 1. The molecule has 0 saturated carbocycles. The van der Waals surface area contributed by atoms with Crippen LogP contribution in [-0.2, 0) is 0 Å². The van der Waals surface area contributed by atoms with Crippen molar-refractivity contribution in [2.45, 2.75) is 19.1 Å². The Morgan fingerprint density at radius 2 is 1.50 bits per heavy atom. The number of rotatable bonds is 4. The van der Waals surface area contributed by atoms with Crippen molar-refractivity contribution >= 4 is 5.78 Å². The lowest BCUT2D eigenvalue weighted by Crippen LogP contribution is -2.19. The first-order chi connectivity index (χ1) is 11.1. The molecule has 128 valence electrons. The lowest BCUT2D eigenvalue weighted by molar-refractivity contribution is -0.0520. The maximum absolute atomic E-state index is 11.6. The molecule has 0 bridgehead atoms. The highest BCUT2D eigenvalue weighted by Gasteiger charge is 2.31. The monoisotopic (exact) mass is 336 g/mol. The first-order valence-corrected chi connectivity index (χ1v) is 6.81. The summed E-state index contributed by atoms with van der Waals surface area (Å²) in [5.41, 5.74) is -0.728. The van der Waals surface area contributed by atoms with E-state index < -0.39 is 41.0 Å². The molecule has 8 nitrogen and oxygen atoms in total. The van der Waals surface area contributed by atoms with E-state index in [0.717, 1.165) is 19.1 Å². The fourth-order valence-corrected chi connectivity index (χ4v) is 2.46. The van der Waals surface area contributed by atoms with E-state index in [0.29, 0.717) is 0 Å². The van der Waals surface area contributed by atoms with Crippen LogP contribution in [0.15, 0.2) is 24.3 Å². The number of Topliss-reactive ketones (excluding diaryl/α,β-unsaturated/α-hetero) is 1. The molecule has 2 rings (SSSR count). The smallest absolute Gasteiger partial charge is 0.201 e. The molecular formula is C16H16O8. The maximum atomic E-state index is 11.6. The Kier molecular flexibility index (Phi) is 4.54. The molecule has 2 aromatic carbocycles. The second-order valence-corrected chi connectivity index (χ2v) is 5.25. The number of carbonyl (C=O) groups excluding carboxylic acids is 1. The third-order valence-corrected chi connectivity index (χ3v) is 3.64. The zero-order chi connectivity index (χ0) is 18.2. The molecule has 0 aromatic heterocycles. The van der Waals surface area contributed by atoms with Crippen LogP contribution in [0.2, 0.25) is 0 Å². The molecule has 0 amide bonds. The van der Waals surface area contributed by atoms with Gasteiger partial charge in [-0.1, -0.05) is 6.07 Å². The predicted molar refractivity (Wildman–Crippen MR) is 81.3 cm³/mol. The second-order valence-electron chi connectivity index (χ2n) is 5.25. The highest BCUT2D eigenvalue weighted by molar-refractivity contribution is 5.98. The van der Waals surface area contributed by atoms with Gasteiger partial charge in [-0.2, -0.15) is 0 Å². The SMILES string of the molecule is CC(=O)c1cc(C(c2ccc(O)cc2O)C(O)O)c(O)c(O)c1O. The first kappa shape index (κ1) is 17.4. The van der Waals surface area contributed by atoms with Gasteiger partial charge in [0.25, 0.3) is 0 Å². The van der Waals surface area contributed by atoms with Crippen molar-refractivity contribution in [3.8, 4) is 28.7 Å². The molecule has 0 aliphatic rings.